The summed E-state index contributed by atoms with van der Waals surface area (Å²) in [6.07, 6.45) is 1.42. The molecule has 11 heteroatoms. The van der Waals surface area contributed by atoms with Crippen LogP contribution in [0, 0.1) is 10.1 Å². The third-order valence-electron chi connectivity index (χ3n) is 4.86. The predicted molar refractivity (Wildman–Crippen MR) is 119 cm³/mol. The van der Waals surface area contributed by atoms with Gasteiger partial charge in [-0.15, -0.1) is 5.43 Å². The van der Waals surface area contributed by atoms with Crippen molar-refractivity contribution in [1.82, 2.24) is 0 Å². The van der Waals surface area contributed by atoms with Crippen molar-refractivity contribution in [3.8, 4) is 11.3 Å². The first kappa shape index (κ1) is 21.2. The van der Waals surface area contributed by atoms with Crippen LogP contribution < -0.4 is 10.4 Å². The highest BCUT2D eigenvalue weighted by Gasteiger charge is 2.26. The van der Waals surface area contributed by atoms with Crippen molar-refractivity contribution in [3.05, 3.63) is 72.6 Å². The summed E-state index contributed by atoms with van der Waals surface area (Å²) in [5, 5.41) is 26.2. The summed E-state index contributed by atoms with van der Waals surface area (Å²) in [7, 11) is 0. The van der Waals surface area contributed by atoms with Crippen molar-refractivity contribution in [2.45, 2.75) is 19.3 Å². The number of aromatic nitrogens is 1. The van der Waals surface area contributed by atoms with Crippen molar-refractivity contribution < 1.29 is 19.8 Å². The molecule has 4 rings (SSSR count). The van der Waals surface area contributed by atoms with Gasteiger partial charge in [0.05, 0.1) is 19.8 Å². The number of hydrogen-bond acceptors (Lipinski definition) is 6. The fraction of sp³-hybridized carbons (Fsp3) is 0.150. The Morgan fingerprint density at radius 1 is 1.26 bits per heavy atom. The molecule has 1 aliphatic rings. The van der Waals surface area contributed by atoms with Crippen molar-refractivity contribution in [1.29, 1.82) is 0 Å². The number of hydrazone groups is 1. The van der Waals surface area contributed by atoms with Crippen LogP contribution in [-0.4, -0.2) is 21.7 Å². The molecule has 158 valence electrons. The molecule has 1 aromatic heterocycles. The van der Waals surface area contributed by atoms with Crippen molar-refractivity contribution in [2.24, 2.45) is 5.10 Å². The fourth-order valence-electron chi connectivity index (χ4n) is 3.40. The lowest BCUT2D eigenvalue weighted by molar-refractivity contribution is -0.385. The molecule has 0 atom stereocenters. The van der Waals surface area contributed by atoms with Gasteiger partial charge in [-0.3, -0.25) is 10.1 Å². The molecule has 3 aromatic rings. The number of para-hydroxylation sites is 1. The highest BCUT2D eigenvalue weighted by Crippen LogP contribution is 2.39. The zero-order valence-corrected chi connectivity index (χ0v) is 18.1. The number of fused-ring (bicyclic) bond motifs is 3. The number of carboxylic acids is 1. The Bertz CT molecular complexity index is 1240. The summed E-state index contributed by atoms with van der Waals surface area (Å²) in [4.78, 5) is 26.6. The number of nitro benzene ring substituents is 1. The molecule has 31 heavy (non-hydrogen) atoms. The second kappa shape index (κ2) is 8.62. The van der Waals surface area contributed by atoms with Crippen LogP contribution in [-0.2, 0) is 24.1 Å². The maximum absolute atomic E-state index is 11.7. The van der Waals surface area contributed by atoms with Crippen molar-refractivity contribution >= 4 is 57.0 Å². The molecule has 0 saturated heterocycles. The Kier molecular flexibility index (Phi) is 5.90. The van der Waals surface area contributed by atoms with Gasteiger partial charge in [-0.05, 0) is 41.9 Å². The number of hydrogen-bond donors (Lipinski definition) is 2. The normalized spacial score (nSPS) is 12.8. The molecular formula is C20H15Cl2N4O4S+. The molecule has 0 bridgehead atoms. The van der Waals surface area contributed by atoms with Gasteiger partial charge in [0.1, 0.15) is 5.69 Å². The number of nitrogens with zero attached hydrogens (tertiary/aromatic N) is 2. The molecule has 0 saturated carbocycles. The fourth-order valence-corrected chi connectivity index (χ4v) is 4.71. The number of thiazole rings is 1. The monoisotopic (exact) mass is 477 g/mol. The van der Waals surface area contributed by atoms with Gasteiger partial charge in [0, 0.05) is 23.6 Å². The van der Waals surface area contributed by atoms with Crippen LogP contribution in [0.3, 0.4) is 0 Å². The molecule has 0 fully saturated rings. The first-order chi connectivity index (χ1) is 14.8. The second-order valence-electron chi connectivity index (χ2n) is 6.82. The predicted octanol–water partition coefficient (Wildman–Crippen LogP) is 4.64. The zero-order chi connectivity index (χ0) is 22.1. The lowest BCUT2D eigenvalue weighted by atomic mass is 9.93. The topological polar surface area (TPSA) is 119 Å². The summed E-state index contributed by atoms with van der Waals surface area (Å²) in [5.74, 6) is -1.27. The van der Waals surface area contributed by atoms with Crippen LogP contribution in [0.4, 0.5) is 10.8 Å². The average Bonchev–Trinajstić information content (AvgIpc) is 3.15. The Morgan fingerprint density at radius 2 is 2.00 bits per heavy atom. The van der Waals surface area contributed by atoms with E-state index in [0.717, 1.165) is 34.5 Å². The zero-order valence-electron chi connectivity index (χ0n) is 15.8. The van der Waals surface area contributed by atoms with Crippen LogP contribution >= 0.6 is 34.5 Å². The maximum atomic E-state index is 11.7. The molecular weight excluding hydrogens is 463 g/mol. The molecule has 3 N–H and O–H groups in total. The first-order valence-corrected chi connectivity index (χ1v) is 10.7. The quantitative estimate of drug-likeness (QED) is 0.304. The number of aromatic amines is 1. The number of carboxylic acid groups (broad SMARTS) is 1. The van der Waals surface area contributed by atoms with E-state index in [1.165, 1.54) is 29.5 Å². The Labute approximate surface area is 190 Å². The summed E-state index contributed by atoms with van der Waals surface area (Å²) < 4.78 is 0. The standard InChI is InChI=1S/C20H14Cl2N4O4S/c21-13-7-10-5-6-17-18(12(10)9-14(13)22)23-20(31-17)25-24-15(19(27)28)8-11-3-1-2-4-16(11)26(29)30/h1-4,7,9H,5-6,8H2,(H,23,25)(H,27,28)/p+1/b24-15-. The van der Waals surface area contributed by atoms with E-state index < -0.39 is 10.9 Å². The van der Waals surface area contributed by atoms with Gasteiger partial charge >= 0.3 is 11.1 Å². The highest BCUT2D eigenvalue weighted by atomic mass is 35.5. The number of aryl methyl sites for hydroxylation is 2. The smallest absolute Gasteiger partial charge is 0.357 e. The van der Waals surface area contributed by atoms with E-state index in [9.17, 15) is 20.0 Å². The van der Waals surface area contributed by atoms with Crippen LogP contribution in [0.25, 0.3) is 11.3 Å². The van der Waals surface area contributed by atoms with Gasteiger partial charge in [0.15, 0.2) is 5.71 Å². The van der Waals surface area contributed by atoms with Crippen LogP contribution in [0.15, 0.2) is 41.5 Å². The average molecular weight is 478 g/mol. The van der Waals surface area contributed by atoms with Gasteiger partial charge < -0.3 is 5.11 Å². The van der Waals surface area contributed by atoms with E-state index in [4.69, 9.17) is 23.2 Å². The second-order valence-corrected chi connectivity index (χ2v) is 8.74. The summed E-state index contributed by atoms with van der Waals surface area (Å²) in [5.41, 5.74) is 5.53. The minimum atomic E-state index is -1.27. The number of benzene rings is 2. The third-order valence-corrected chi connectivity index (χ3v) is 6.64. The van der Waals surface area contributed by atoms with E-state index in [-0.39, 0.29) is 23.4 Å². The van der Waals surface area contributed by atoms with Crippen LogP contribution in [0.5, 0.6) is 0 Å². The van der Waals surface area contributed by atoms with E-state index in [2.05, 4.69) is 15.5 Å². The highest BCUT2D eigenvalue weighted by molar-refractivity contribution is 7.15. The number of aliphatic carboxylic acids is 1. The molecule has 1 heterocycles. The summed E-state index contributed by atoms with van der Waals surface area (Å²) in [6.45, 7) is 0. The molecule has 0 radical (unpaired) electrons. The lowest BCUT2D eigenvalue weighted by Crippen LogP contribution is -2.19. The number of carbonyl (C=O) groups is 1. The first-order valence-electron chi connectivity index (χ1n) is 9.15. The molecule has 0 aliphatic heterocycles. The van der Waals surface area contributed by atoms with Gasteiger partial charge in [-0.2, -0.15) is 0 Å². The molecule has 2 aromatic carbocycles. The molecule has 0 amide bonds. The van der Waals surface area contributed by atoms with Crippen molar-refractivity contribution in [3.63, 3.8) is 0 Å². The van der Waals surface area contributed by atoms with Crippen LogP contribution in [0.2, 0.25) is 10.0 Å². The maximum Gasteiger partial charge on any atom is 0.357 e. The van der Waals surface area contributed by atoms with E-state index in [1.807, 2.05) is 12.1 Å². The number of nitro groups is 1. The SMILES string of the molecule is O=C(O)/C(Cc1ccccc1[N+](=O)[O-])=N\Nc1[nH+]c2c(s1)CCc1cc(Cl)c(Cl)cc1-2. The number of halogens is 2. The number of nitrogens with one attached hydrogen (secondary N) is 2. The Balaban J connectivity index is 1.61. The van der Waals surface area contributed by atoms with Crippen LogP contribution in [0.1, 0.15) is 16.0 Å². The summed E-state index contributed by atoms with van der Waals surface area (Å²) in [6, 6.07) is 9.65. The van der Waals surface area contributed by atoms with E-state index in [0.29, 0.717) is 15.2 Å². The Hall–Kier alpha value is -3.01. The lowest BCUT2D eigenvalue weighted by Gasteiger charge is -2.14. The number of H-pyrrole nitrogens is 1. The number of anilines is 1. The van der Waals surface area contributed by atoms with Crippen molar-refractivity contribution in [2.75, 3.05) is 5.43 Å². The Morgan fingerprint density at radius 3 is 2.74 bits per heavy atom. The molecule has 8 nitrogen and oxygen atoms in total. The van der Waals surface area contributed by atoms with Gasteiger partial charge in [-0.25, -0.2) is 9.78 Å². The largest absolute Gasteiger partial charge is 0.477 e. The van der Waals surface area contributed by atoms with E-state index >= 15 is 0 Å². The summed E-state index contributed by atoms with van der Waals surface area (Å²) >= 11 is 13.7. The van der Waals surface area contributed by atoms with E-state index in [1.54, 1.807) is 6.07 Å². The molecule has 0 unspecified atom stereocenters. The molecule has 1 aliphatic carbocycles. The molecule has 0 spiro atoms. The third kappa shape index (κ3) is 4.39. The van der Waals surface area contributed by atoms with Gasteiger partial charge in [0.25, 0.3) is 5.69 Å². The minimum Gasteiger partial charge on any atom is -0.477 e. The van der Waals surface area contributed by atoms with Gasteiger partial charge in [0.2, 0.25) is 0 Å². The van der Waals surface area contributed by atoms with Gasteiger partial charge in [-0.1, -0.05) is 46.5 Å². The minimum absolute atomic E-state index is 0.151. The number of rotatable bonds is 6.